The van der Waals surface area contributed by atoms with E-state index >= 15 is 0 Å². The predicted octanol–water partition coefficient (Wildman–Crippen LogP) is 5.15. The average Bonchev–Trinajstić information content (AvgIpc) is 2.77. The van der Waals surface area contributed by atoms with Crippen LogP contribution in [0.3, 0.4) is 0 Å². The molecule has 3 aromatic rings. The van der Waals surface area contributed by atoms with E-state index in [0.717, 1.165) is 10.9 Å². The first kappa shape index (κ1) is 23.9. The van der Waals surface area contributed by atoms with E-state index < -0.39 is 5.97 Å². The first-order valence-electron chi connectivity index (χ1n) is 10.2. The summed E-state index contributed by atoms with van der Waals surface area (Å²) in [6.07, 6.45) is 2.26. The highest BCUT2D eigenvalue weighted by molar-refractivity contribution is 9.10. The molecule has 0 spiro atoms. The summed E-state index contributed by atoms with van der Waals surface area (Å²) in [5, 5.41) is 5.35. The van der Waals surface area contributed by atoms with Crippen LogP contribution in [0.25, 0.3) is 10.9 Å². The van der Waals surface area contributed by atoms with E-state index in [1.807, 2.05) is 19.9 Å². The van der Waals surface area contributed by atoms with Crippen LogP contribution in [0.4, 0.5) is 0 Å². The molecule has 168 valence electrons. The van der Waals surface area contributed by atoms with E-state index in [9.17, 15) is 9.59 Å². The van der Waals surface area contributed by atoms with E-state index in [1.54, 1.807) is 37.3 Å². The number of hydrogen-bond donors (Lipinski definition) is 0. The van der Waals surface area contributed by atoms with E-state index in [1.165, 1.54) is 10.9 Å². The lowest BCUT2D eigenvalue weighted by Gasteiger charge is -2.14. The molecule has 32 heavy (non-hydrogen) atoms. The van der Waals surface area contributed by atoms with Crippen LogP contribution in [-0.4, -0.2) is 35.1 Å². The highest BCUT2D eigenvalue weighted by Gasteiger charge is 2.16. The number of halogens is 2. The molecular formula is C23H23BrClN3O4. The van der Waals surface area contributed by atoms with Gasteiger partial charge in [0.15, 0.2) is 6.61 Å². The number of fused-ring (bicyclic) bond motifs is 1. The molecule has 0 aliphatic heterocycles. The molecule has 9 heteroatoms. The third kappa shape index (κ3) is 5.55. The van der Waals surface area contributed by atoms with Crippen molar-refractivity contribution in [1.29, 1.82) is 0 Å². The van der Waals surface area contributed by atoms with Crippen LogP contribution in [0.1, 0.15) is 44.5 Å². The lowest BCUT2D eigenvalue weighted by molar-refractivity contribution is -0.145. The normalized spacial score (nSPS) is 12.3. The second-order valence-corrected chi connectivity index (χ2v) is 8.43. The van der Waals surface area contributed by atoms with Gasteiger partial charge in [-0.15, -0.1) is 0 Å². The van der Waals surface area contributed by atoms with Crippen LogP contribution in [0.2, 0.25) is 5.02 Å². The van der Waals surface area contributed by atoms with Gasteiger partial charge in [-0.2, -0.15) is 9.78 Å². The van der Waals surface area contributed by atoms with Crippen molar-refractivity contribution in [2.45, 2.75) is 33.1 Å². The van der Waals surface area contributed by atoms with Gasteiger partial charge in [0.2, 0.25) is 0 Å². The number of aromatic nitrogens is 2. The Morgan fingerprint density at radius 1 is 1.28 bits per heavy atom. The third-order valence-corrected chi connectivity index (χ3v) is 5.55. The molecule has 2 aromatic carbocycles. The predicted molar refractivity (Wildman–Crippen MR) is 129 cm³/mol. The van der Waals surface area contributed by atoms with Gasteiger partial charge in [-0.05, 0) is 49.7 Å². The topological polar surface area (TPSA) is 82.8 Å². The molecule has 0 N–H and O–H groups in total. The molecule has 0 aliphatic carbocycles. The maximum Gasteiger partial charge on any atom is 0.344 e. The first-order chi connectivity index (χ1) is 15.3. The highest BCUT2D eigenvalue weighted by Crippen LogP contribution is 2.23. The van der Waals surface area contributed by atoms with Crippen LogP contribution in [-0.2, 0) is 9.53 Å². The molecule has 0 fully saturated rings. The number of carbonyl (C=O) groups excluding carboxylic acids is 1. The Balaban J connectivity index is 2.06. The van der Waals surface area contributed by atoms with Gasteiger partial charge in [0.25, 0.3) is 5.56 Å². The summed E-state index contributed by atoms with van der Waals surface area (Å²) in [5.74, 6) is 0.470. The largest absolute Gasteiger partial charge is 0.481 e. The van der Waals surface area contributed by atoms with Crippen molar-refractivity contribution in [2.75, 3.05) is 13.2 Å². The summed E-state index contributed by atoms with van der Waals surface area (Å²) in [6, 6.07) is 10.3. The van der Waals surface area contributed by atoms with Gasteiger partial charge in [-0.3, -0.25) is 4.79 Å². The summed E-state index contributed by atoms with van der Waals surface area (Å²) in [5.41, 5.74) is 0.846. The van der Waals surface area contributed by atoms with Gasteiger partial charge >= 0.3 is 5.97 Å². The molecule has 3 rings (SSSR count). The zero-order valence-corrected chi connectivity index (χ0v) is 20.3. The molecule has 1 atom stereocenters. The van der Waals surface area contributed by atoms with Crippen molar-refractivity contribution in [3.8, 4) is 5.75 Å². The summed E-state index contributed by atoms with van der Waals surface area (Å²) < 4.78 is 12.6. The zero-order valence-electron chi connectivity index (χ0n) is 18.0. The van der Waals surface area contributed by atoms with E-state index in [2.05, 4.69) is 21.0 Å². The molecular weight excluding hydrogens is 498 g/mol. The van der Waals surface area contributed by atoms with E-state index in [-0.39, 0.29) is 24.7 Å². The summed E-state index contributed by atoms with van der Waals surface area (Å²) in [6.45, 7) is 5.76. The van der Waals surface area contributed by atoms with Gasteiger partial charge < -0.3 is 9.47 Å². The summed E-state index contributed by atoms with van der Waals surface area (Å²) in [4.78, 5) is 29.6. The monoisotopic (exact) mass is 519 g/mol. The van der Waals surface area contributed by atoms with Gasteiger partial charge in [0.05, 0.1) is 23.7 Å². The summed E-state index contributed by atoms with van der Waals surface area (Å²) >= 11 is 9.55. The second-order valence-electron chi connectivity index (χ2n) is 7.08. The van der Waals surface area contributed by atoms with Crippen molar-refractivity contribution in [3.05, 3.63) is 67.6 Å². The van der Waals surface area contributed by atoms with Crippen LogP contribution in [0.5, 0.6) is 5.75 Å². The minimum atomic E-state index is -0.482. The maximum absolute atomic E-state index is 13.3. The number of benzene rings is 2. The molecule has 0 unspecified atom stereocenters. The minimum Gasteiger partial charge on any atom is -0.481 e. The first-order valence-corrected chi connectivity index (χ1v) is 11.4. The highest BCUT2D eigenvalue weighted by atomic mass is 79.9. The number of rotatable bonds is 8. The fourth-order valence-corrected chi connectivity index (χ4v) is 3.53. The smallest absolute Gasteiger partial charge is 0.344 e. The fraction of sp³-hybridized carbons (Fsp3) is 0.304. The van der Waals surface area contributed by atoms with Gasteiger partial charge in [0.1, 0.15) is 11.6 Å². The molecule has 0 saturated heterocycles. The minimum absolute atomic E-state index is 0.00629. The molecule has 1 aromatic heterocycles. The van der Waals surface area contributed by atoms with Crippen molar-refractivity contribution in [3.63, 3.8) is 0 Å². The van der Waals surface area contributed by atoms with Crippen molar-refractivity contribution in [2.24, 2.45) is 5.10 Å². The Hall–Kier alpha value is -2.71. The lowest BCUT2D eigenvalue weighted by Crippen LogP contribution is -2.23. The Labute approximate surface area is 199 Å². The van der Waals surface area contributed by atoms with Crippen molar-refractivity contribution < 1.29 is 14.3 Å². The second kappa shape index (κ2) is 10.7. The van der Waals surface area contributed by atoms with Gasteiger partial charge in [-0.25, -0.2) is 9.78 Å². The summed E-state index contributed by atoms with van der Waals surface area (Å²) in [7, 11) is 0. The molecule has 0 radical (unpaired) electrons. The average molecular weight is 521 g/mol. The standard InChI is InChI=1S/C23H23BrClN3O4/c1-4-14(3)22-27-19-8-6-16(24)11-18(19)23(30)28(22)26-12-15-10-17(25)7-9-20(15)32-13-21(29)31-5-2/h6-12,14H,4-5,13H2,1-3H3/t14-/m1/s1. The van der Waals surface area contributed by atoms with E-state index in [0.29, 0.717) is 33.1 Å². The lowest BCUT2D eigenvalue weighted by atomic mass is 10.1. The van der Waals surface area contributed by atoms with Crippen molar-refractivity contribution in [1.82, 2.24) is 9.66 Å². The molecule has 0 saturated carbocycles. The van der Waals surface area contributed by atoms with Crippen LogP contribution < -0.4 is 10.3 Å². The van der Waals surface area contributed by atoms with Crippen LogP contribution in [0, 0.1) is 0 Å². The Kier molecular flexibility index (Phi) is 8.04. The van der Waals surface area contributed by atoms with Gasteiger partial charge in [0, 0.05) is 21.0 Å². The van der Waals surface area contributed by atoms with Gasteiger partial charge in [-0.1, -0.05) is 41.4 Å². The molecule has 0 amide bonds. The molecule has 0 bridgehead atoms. The zero-order chi connectivity index (χ0) is 23.3. The number of esters is 1. The fourth-order valence-electron chi connectivity index (χ4n) is 2.99. The van der Waals surface area contributed by atoms with Crippen LogP contribution in [0.15, 0.2) is 50.8 Å². The van der Waals surface area contributed by atoms with Crippen molar-refractivity contribution >= 4 is 50.6 Å². The Bertz CT molecular complexity index is 1230. The molecule has 7 nitrogen and oxygen atoms in total. The van der Waals surface area contributed by atoms with E-state index in [4.69, 9.17) is 26.1 Å². The molecule has 1 heterocycles. The Morgan fingerprint density at radius 2 is 2.06 bits per heavy atom. The number of nitrogens with zero attached hydrogens (tertiary/aromatic N) is 3. The number of ether oxygens (including phenoxy) is 2. The molecule has 0 aliphatic rings. The SMILES string of the molecule is CCOC(=O)COc1ccc(Cl)cc1C=Nn1c([C@H](C)CC)nc2ccc(Br)cc2c1=O. The van der Waals surface area contributed by atoms with Crippen LogP contribution >= 0.6 is 27.5 Å². The third-order valence-electron chi connectivity index (χ3n) is 4.82. The number of carbonyl (C=O) groups is 1. The quantitative estimate of drug-likeness (QED) is 0.303. The Morgan fingerprint density at radius 3 is 2.78 bits per heavy atom. The number of hydrogen-bond acceptors (Lipinski definition) is 6. The maximum atomic E-state index is 13.3.